The van der Waals surface area contributed by atoms with Crippen LogP contribution in [-0.4, -0.2) is 19.1 Å². The molecule has 0 rings (SSSR count). The summed E-state index contributed by atoms with van der Waals surface area (Å²) in [6, 6.07) is 0.158. The second-order valence-electron chi connectivity index (χ2n) is 3.37. The van der Waals surface area contributed by atoms with E-state index in [0.717, 1.165) is 12.8 Å². The summed E-state index contributed by atoms with van der Waals surface area (Å²) >= 11 is 0. The van der Waals surface area contributed by atoms with Crippen molar-refractivity contribution in [2.75, 3.05) is 7.11 Å². The molecular weight excluding hydrogens is 166 g/mol. The quantitative estimate of drug-likeness (QED) is 0.489. The summed E-state index contributed by atoms with van der Waals surface area (Å²) in [6.45, 7) is 2.17. The van der Waals surface area contributed by atoms with Crippen LogP contribution in [0.15, 0.2) is 0 Å². The number of esters is 1. The van der Waals surface area contributed by atoms with Gasteiger partial charge in [-0.05, 0) is 12.8 Å². The van der Waals surface area contributed by atoms with E-state index < -0.39 is 0 Å². The van der Waals surface area contributed by atoms with Crippen molar-refractivity contribution in [2.24, 2.45) is 5.73 Å². The molecule has 0 aromatic carbocycles. The first-order valence-corrected chi connectivity index (χ1v) is 5.03. The van der Waals surface area contributed by atoms with Crippen LogP contribution in [0, 0.1) is 0 Å². The Morgan fingerprint density at radius 3 is 2.62 bits per heavy atom. The summed E-state index contributed by atoms with van der Waals surface area (Å²) in [4.78, 5) is 10.8. The molecule has 0 aliphatic heterocycles. The van der Waals surface area contributed by atoms with Crippen LogP contribution >= 0.6 is 0 Å². The van der Waals surface area contributed by atoms with Crippen LogP contribution in [0.1, 0.15) is 45.4 Å². The molecule has 1 atom stereocenters. The van der Waals surface area contributed by atoms with Crippen molar-refractivity contribution in [1.82, 2.24) is 0 Å². The van der Waals surface area contributed by atoms with Gasteiger partial charge in [0.05, 0.1) is 7.11 Å². The van der Waals surface area contributed by atoms with Gasteiger partial charge in [0.25, 0.3) is 0 Å². The van der Waals surface area contributed by atoms with Crippen LogP contribution in [0.5, 0.6) is 0 Å². The molecule has 0 amide bonds. The number of rotatable bonds is 7. The maximum Gasteiger partial charge on any atom is 0.305 e. The van der Waals surface area contributed by atoms with Gasteiger partial charge in [-0.3, -0.25) is 4.79 Å². The van der Waals surface area contributed by atoms with Gasteiger partial charge >= 0.3 is 5.97 Å². The lowest BCUT2D eigenvalue weighted by Gasteiger charge is -2.09. The van der Waals surface area contributed by atoms with E-state index in [4.69, 9.17) is 5.73 Å². The summed E-state index contributed by atoms with van der Waals surface area (Å²) in [5.41, 5.74) is 5.81. The third-order valence-corrected chi connectivity index (χ3v) is 2.13. The number of hydrogen-bond donors (Lipinski definition) is 1. The highest BCUT2D eigenvalue weighted by atomic mass is 16.5. The number of carbonyl (C=O) groups excluding carboxylic acids is 1. The first kappa shape index (κ1) is 12.4. The molecule has 0 radical (unpaired) electrons. The van der Waals surface area contributed by atoms with Crippen molar-refractivity contribution >= 4 is 5.97 Å². The lowest BCUT2D eigenvalue weighted by atomic mass is 10.0. The number of hydrogen-bond acceptors (Lipinski definition) is 3. The minimum atomic E-state index is -0.161. The number of carbonyl (C=O) groups is 1. The zero-order chi connectivity index (χ0) is 10.1. The fraction of sp³-hybridized carbons (Fsp3) is 0.900. The Balaban J connectivity index is 3.29. The van der Waals surface area contributed by atoms with Crippen molar-refractivity contribution in [1.29, 1.82) is 0 Å². The van der Waals surface area contributed by atoms with Gasteiger partial charge in [0.1, 0.15) is 0 Å². The molecule has 2 N–H and O–H groups in total. The molecule has 0 saturated carbocycles. The average molecular weight is 187 g/mol. The summed E-state index contributed by atoms with van der Waals surface area (Å²) < 4.78 is 4.53. The SMILES string of the molecule is CCCCC[C@H](N)CCC(=O)OC. The largest absolute Gasteiger partial charge is 0.469 e. The molecule has 13 heavy (non-hydrogen) atoms. The number of unbranched alkanes of at least 4 members (excludes halogenated alkanes) is 2. The summed E-state index contributed by atoms with van der Waals surface area (Å²) in [6.07, 6.45) is 5.82. The van der Waals surface area contributed by atoms with Gasteiger partial charge in [-0.2, -0.15) is 0 Å². The normalized spacial score (nSPS) is 12.5. The highest BCUT2D eigenvalue weighted by Gasteiger charge is 2.06. The Bertz CT molecular complexity index is 137. The summed E-state index contributed by atoms with van der Waals surface area (Å²) in [5, 5.41) is 0. The van der Waals surface area contributed by atoms with E-state index in [-0.39, 0.29) is 12.0 Å². The molecule has 3 heteroatoms. The van der Waals surface area contributed by atoms with Gasteiger partial charge in [0.15, 0.2) is 0 Å². The van der Waals surface area contributed by atoms with E-state index >= 15 is 0 Å². The van der Waals surface area contributed by atoms with E-state index in [1.54, 1.807) is 0 Å². The van der Waals surface area contributed by atoms with E-state index in [0.29, 0.717) is 6.42 Å². The van der Waals surface area contributed by atoms with Gasteiger partial charge in [0.2, 0.25) is 0 Å². The molecule has 0 fully saturated rings. The van der Waals surface area contributed by atoms with Gasteiger partial charge < -0.3 is 10.5 Å². The van der Waals surface area contributed by atoms with Crippen LogP contribution in [0.3, 0.4) is 0 Å². The Morgan fingerprint density at radius 2 is 2.08 bits per heavy atom. The molecule has 0 aliphatic rings. The Labute approximate surface area is 80.6 Å². The van der Waals surface area contributed by atoms with Crippen LogP contribution < -0.4 is 5.73 Å². The monoisotopic (exact) mass is 187 g/mol. The Morgan fingerprint density at radius 1 is 1.38 bits per heavy atom. The Hall–Kier alpha value is -0.570. The molecule has 0 bridgehead atoms. The Kier molecular flexibility index (Phi) is 7.69. The smallest absolute Gasteiger partial charge is 0.305 e. The second kappa shape index (κ2) is 8.05. The van der Waals surface area contributed by atoms with E-state index in [1.165, 1.54) is 26.4 Å². The number of methoxy groups -OCH3 is 1. The average Bonchev–Trinajstić information content (AvgIpc) is 2.14. The van der Waals surface area contributed by atoms with Crippen molar-refractivity contribution in [3.63, 3.8) is 0 Å². The van der Waals surface area contributed by atoms with Gasteiger partial charge in [-0.1, -0.05) is 26.2 Å². The molecule has 0 aromatic heterocycles. The maximum absolute atomic E-state index is 10.8. The minimum absolute atomic E-state index is 0.158. The molecule has 3 nitrogen and oxygen atoms in total. The van der Waals surface area contributed by atoms with E-state index in [1.807, 2.05) is 0 Å². The van der Waals surface area contributed by atoms with Gasteiger partial charge in [-0.15, -0.1) is 0 Å². The standard InChI is InChI=1S/C10H21NO2/c1-3-4-5-6-9(11)7-8-10(12)13-2/h9H,3-8,11H2,1-2H3/t9-/m0/s1. The number of nitrogens with two attached hydrogens (primary N) is 1. The maximum atomic E-state index is 10.8. The lowest BCUT2D eigenvalue weighted by molar-refractivity contribution is -0.140. The topological polar surface area (TPSA) is 52.3 Å². The number of ether oxygens (including phenoxy) is 1. The fourth-order valence-electron chi connectivity index (χ4n) is 1.21. The molecule has 0 aliphatic carbocycles. The van der Waals surface area contributed by atoms with E-state index in [2.05, 4.69) is 11.7 Å². The molecule has 0 heterocycles. The van der Waals surface area contributed by atoms with Gasteiger partial charge in [0, 0.05) is 12.5 Å². The van der Waals surface area contributed by atoms with E-state index in [9.17, 15) is 4.79 Å². The van der Waals surface area contributed by atoms with Gasteiger partial charge in [-0.25, -0.2) is 0 Å². The molecule has 0 spiro atoms. The highest BCUT2D eigenvalue weighted by molar-refractivity contribution is 5.69. The molecule has 0 saturated heterocycles. The van der Waals surface area contributed by atoms with Crippen molar-refractivity contribution in [2.45, 2.75) is 51.5 Å². The summed E-state index contributed by atoms with van der Waals surface area (Å²) in [7, 11) is 1.41. The van der Waals surface area contributed by atoms with Crippen LogP contribution in [0.25, 0.3) is 0 Å². The van der Waals surface area contributed by atoms with Crippen LogP contribution in [0.4, 0.5) is 0 Å². The zero-order valence-corrected chi connectivity index (χ0v) is 8.71. The molecule has 0 unspecified atom stereocenters. The van der Waals surface area contributed by atoms with Crippen LogP contribution in [-0.2, 0) is 9.53 Å². The van der Waals surface area contributed by atoms with Crippen molar-refractivity contribution in [3.8, 4) is 0 Å². The predicted molar refractivity (Wildman–Crippen MR) is 53.4 cm³/mol. The third-order valence-electron chi connectivity index (χ3n) is 2.13. The molecular formula is C10H21NO2. The minimum Gasteiger partial charge on any atom is -0.469 e. The lowest BCUT2D eigenvalue weighted by Crippen LogP contribution is -2.21. The fourth-order valence-corrected chi connectivity index (χ4v) is 1.21. The van der Waals surface area contributed by atoms with Crippen molar-refractivity contribution < 1.29 is 9.53 Å². The molecule has 0 aromatic rings. The first-order chi connectivity index (χ1) is 6.20. The third kappa shape index (κ3) is 7.78. The second-order valence-corrected chi connectivity index (χ2v) is 3.37. The summed E-state index contributed by atoms with van der Waals surface area (Å²) in [5.74, 6) is -0.161. The zero-order valence-electron chi connectivity index (χ0n) is 8.71. The van der Waals surface area contributed by atoms with Crippen molar-refractivity contribution in [3.05, 3.63) is 0 Å². The first-order valence-electron chi connectivity index (χ1n) is 5.03. The predicted octanol–water partition coefficient (Wildman–Crippen LogP) is 1.85. The highest BCUT2D eigenvalue weighted by Crippen LogP contribution is 2.06. The van der Waals surface area contributed by atoms with Crippen LogP contribution in [0.2, 0.25) is 0 Å². The molecule has 78 valence electrons.